The zero-order valence-electron chi connectivity index (χ0n) is 13.3. The average molecular weight is 344 g/mol. The molecular weight excluding hydrogens is 327 g/mol. The van der Waals surface area contributed by atoms with Crippen LogP contribution in [-0.4, -0.2) is 13.4 Å². The number of allylic oxidation sites excluding steroid dienone is 4. The van der Waals surface area contributed by atoms with Crippen LogP contribution in [0.4, 0.5) is 4.39 Å². The van der Waals surface area contributed by atoms with Crippen LogP contribution >= 0.6 is 0 Å². The van der Waals surface area contributed by atoms with Crippen molar-refractivity contribution in [1.29, 1.82) is 0 Å². The molecule has 4 nitrogen and oxygen atoms in total. The molecule has 0 unspecified atom stereocenters. The normalized spacial score (nSPS) is 16.7. The van der Waals surface area contributed by atoms with Gasteiger partial charge in [0.15, 0.2) is 0 Å². The molecule has 0 bridgehead atoms. The van der Waals surface area contributed by atoms with Crippen LogP contribution in [0.1, 0.15) is 25.1 Å². The molecule has 124 valence electrons. The summed E-state index contributed by atoms with van der Waals surface area (Å²) in [6, 6.07) is 9.39. The van der Waals surface area contributed by atoms with Crippen molar-refractivity contribution in [2.45, 2.75) is 18.7 Å². The van der Waals surface area contributed by atoms with Gasteiger partial charge >= 0.3 is 0 Å². The van der Waals surface area contributed by atoms with Crippen LogP contribution in [0, 0.1) is 11.2 Å². The summed E-state index contributed by atoms with van der Waals surface area (Å²) in [4.78, 5) is 4.22. The first-order valence-corrected chi connectivity index (χ1v) is 8.92. The van der Waals surface area contributed by atoms with Gasteiger partial charge in [-0.3, -0.25) is 4.98 Å². The van der Waals surface area contributed by atoms with Crippen LogP contribution in [-0.2, 0) is 10.0 Å². The maximum absolute atomic E-state index is 13.1. The molecule has 1 aromatic carbocycles. The Bertz CT molecular complexity index is 942. The van der Waals surface area contributed by atoms with Gasteiger partial charge < -0.3 is 0 Å². The Balaban J connectivity index is 2.05. The van der Waals surface area contributed by atoms with E-state index in [0.717, 1.165) is 16.7 Å². The maximum Gasteiger partial charge on any atom is 0.238 e. The Morgan fingerprint density at radius 1 is 1.00 bits per heavy atom. The van der Waals surface area contributed by atoms with Gasteiger partial charge in [0.1, 0.15) is 5.82 Å². The summed E-state index contributed by atoms with van der Waals surface area (Å²) in [6.07, 6.45) is 5.33. The molecule has 1 aromatic heterocycles. The molecule has 1 aliphatic rings. The van der Waals surface area contributed by atoms with Crippen molar-refractivity contribution in [3.63, 3.8) is 0 Å². The van der Waals surface area contributed by atoms with Crippen molar-refractivity contribution in [2.75, 3.05) is 0 Å². The highest BCUT2D eigenvalue weighted by atomic mass is 32.2. The van der Waals surface area contributed by atoms with E-state index in [1.807, 2.05) is 0 Å². The van der Waals surface area contributed by atoms with Gasteiger partial charge in [-0.1, -0.05) is 38.1 Å². The van der Waals surface area contributed by atoms with Crippen molar-refractivity contribution < 1.29 is 12.8 Å². The average Bonchev–Trinajstić information content (AvgIpc) is 2.83. The number of aromatic nitrogens is 1. The van der Waals surface area contributed by atoms with Gasteiger partial charge in [0.2, 0.25) is 10.0 Å². The minimum atomic E-state index is -3.72. The summed E-state index contributed by atoms with van der Waals surface area (Å²) in [5.41, 5.74) is 3.16. The molecule has 2 N–H and O–H groups in total. The summed E-state index contributed by atoms with van der Waals surface area (Å²) in [7, 11) is -3.72. The van der Waals surface area contributed by atoms with Crippen LogP contribution < -0.4 is 5.14 Å². The number of nitrogens with two attached hydrogens (primary N) is 1. The number of rotatable bonds is 3. The van der Waals surface area contributed by atoms with Crippen LogP contribution in [0.25, 0.3) is 11.1 Å². The minimum absolute atomic E-state index is 0.0644. The van der Waals surface area contributed by atoms with Gasteiger partial charge in [-0.05, 0) is 35.4 Å². The lowest BCUT2D eigenvalue weighted by Crippen LogP contribution is -2.11. The van der Waals surface area contributed by atoms with Crippen molar-refractivity contribution in [1.82, 2.24) is 4.98 Å². The largest absolute Gasteiger partial charge is 0.253 e. The number of hydrogen-bond donors (Lipinski definition) is 1. The molecular formula is C18H17FN2O2S. The molecule has 0 radical (unpaired) electrons. The number of benzene rings is 1. The number of pyridine rings is 1. The molecule has 0 saturated heterocycles. The third-order valence-electron chi connectivity index (χ3n) is 3.82. The quantitative estimate of drug-likeness (QED) is 0.928. The van der Waals surface area contributed by atoms with Gasteiger partial charge in [0, 0.05) is 11.0 Å². The molecule has 0 fully saturated rings. The molecule has 1 heterocycles. The molecule has 0 saturated carbocycles. The van der Waals surface area contributed by atoms with E-state index in [2.05, 4.69) is 31.0 Å². The fourth-order valence-corrected chi connectivity index (χ4v) is 3.27. The number of halogens is 1. The number of sulfonamides is 1. The first-order chi connectivity index (χ1) is 11.2. The summed E-state index contributed by atoms with van der Waals surface area (Å²) >= 11 is 0. The van der Waals surface area contributed by atoms with Crippen molar-refractivity contribution in [2.24, 2.45) is 10.6 Å². The standard InChI is InChI=1S/C18H17FN2O2S/c1-18(2)9-15(12-3-6-14(7-4-12)24(20,22)23)16(10-18)17-8-5-13(19)11-21-17/h3-11H,1-2H3,(H2,20,22,23). The third-order valence-corrected chi connectivity index (χ3v) is 4.75. The lowest BCUT2D eigenvalue weighted by molar-refractivity contribution is 0.597. The second-order valence-electron chi connectivity index (χ2n) is 6.37. The maximum atomic E-state index is 13.1. The summed E-state index contributed by atoms with van der Waals surface area (Å²) in [6.45, 7) is 4.12. The SMILES string of the molecule is CC1(C)C=C(c2ccc(S(N)(=O)=O)cc2)C(c2ccc(F)cn2)=C1. The first-order valence-electron chi connectivity index (χ1n) is 7.37. The van der Waals surface area contributed by atoms with E-state index in [-0.39, 0.29) is 16.1 Å². The first kappa shape index (κ1) is 16.5. The van der Waals surface area contributed by atoms with Gasteiger partial charge in [-0.25, -0.2) is 17.9 Å². The topological polar surface area (TPSA) is 73.1 Å². The second kappa shape index (κ2) is 5.65. The van der Waals surface area contributed by atoms with E-state index < -0.39 is 10.0 Å². The Morgan fingerprint density at radius 3 is 2.17 bits per heavy atom. The van der Waals surface area contributed by atoms with E-state index in [4.69, 9.17) is 5.14 Å². The van der Waals surface area contributed by atoms with Gasteiger partial charge in [-0.2, -0.15) is 0 Å². The van der Waals surface area contributed by atoms with Crippen molar-refractivity contribution in [3.05, 3.63) is 71.8 Å². The number of hydrogen-bond acceptors (Lipinski definition) is 3. The zero-order chi connectivity index (χ0) is 17.5. The van der Waals surface area contributed by atoms with Gasteiger partial charge in [0.05, 0.1) is 16.8 Å². The second-order valence-corrected chi connectivity index (χ2v) is 7.93. The molecule has 24 heavy (non-hydrogen) atoms. The summed E-state index contributed by atoms with van der Waals surface area (Å²) in [5.74, 6) is -0.389. The molecule has 1 aliphatic carbocycles. The third kappa shape index (κ3) is 3.29. The van der Waals surface area contributed by atoms with E-state index >= 15 is 0 Å². The Kier molecular flexibility index (Phi) is 3.89. The lowest BCUT2D eigenvalue weighted by atomic mass is 9.95. The highest BCUT2D eigenvalue weighted by Crippen LogP contribution is 2.43. The van der Waals surface area contributed by atoms with Gasteiger partial charge in [0.25, 0.3) is 0 Å². The Hall–Kier alpha value is -2.31. The van der Waals surface area contributed by atoms with Gasteiger partial charge in [-0.15, -0.1) is 0 Å². The fourth-order valence-electron chi connectivity index (χ4n) is 2.75. The Morgan fingerprint density at radius 2 is 1.62 bits per heavy atom. The molecule has 2 aromatic rings. The number of nitrogens with zero attached hydrogens (tertiary/aromatic N) is 1. The lowest BCUT2D eigenvalue weighted by Gasteiger charge is -2.09. The zero-order valence-corrected chi connectivity index (χ0v) is 14.1. The monoisotopic (exact) mass is 344 g/mol. The van der Waals surface area contributed by atoms with Crippen LogP contribution in [0.15, 0.2) is 59.6 Å². The number of primary sulfonamides is 1. The van der Waals surface area contributed by atoms with E-state index in [1.165, 1.54) is 24.4 Å². The van der Waals surface area contributed by atoms with Crippen LogP contribution in [0.5, 0.6) is 0 Å². The predicted molar refractivity (Wildman–Crippen MR) is 91.7 cm³/mol. The van der Waals surface area contributed by atoms with Crippen LogP contribution in [0.3, 0.4) is 0 Å². The Labute approximate surface area is 140 Å². The van der Waals surface area contributed by atoms with E-state index in [0.29, 0.717) is 5.69 Å². The molecule has 3 rings (SSSR count). The minimum Gasteiger partial charge on any atom is -0.253 e. The van der Waals surface area contributed by atoms with Crippen molar-refractivity contribution in [3.8, 4) is 0 Å². The molecule has 6 heteroatoms. The highest BCUT2D eigenvalue weighted by Gasteiger charge is 2.26. The smallest absolute Gasteiger partial charge is 0.238 e. The molecule has 0 aliphatic heterocycles. The van der Waals surface area contributed by atoms with E-state index in [9.17, 15) is 12.8 Å². The summed E-state index contributed by atoms with van der Waals surface area (Å²) in [5, 5.41) is 5.14. The van der Waals surface area contributed by atoms with E-state index in [1.54, 1.807) is 18.2 Å². The molecule has 0 spiro atoms. The summed E-state index contributed by atoms with van der Waals surface area (Å²) < 4.78 is 35.9. The van der Waals surface area contributed by atoms with Crippen LogP contribution in [0.2, 0.25) is 0 Å². The molecule has 0 atom stereocenters. The molecule has 0 amide bonds. The highest BCUT2D eigenvalue weighted by molar-refractivity contribution is 7.89. The predicted octanol–water partition coefficient (Wildman–Crippen LogP) is 3.37. The fraction of sp³-hybridized carbons (Fsp3) is 0.167. The van der Waals surface area contributed by atoms with Crippen molar-refractivity contribution >= 4 is 21.2 Å².